The molecule has 2 fully saturated rings. The Hall–Kier alpha value is -0.570. The first-order valence-corrected chi connectivity index (χ1v) is 8.30. The molecule has 2 aliphatic rings. The molecule has 1 aliphatic carbocycles. The van der Waals surface area contributed by atoms with Crippen LogP contribution in [-0.2, 0) is 4.74 Å². The van der Waals surface area contributed by atoms with Gasteiger partial charge in [-0.2, -0.15) is 0 Å². The lowest BCUT2D eigenvalue weighted by Crippen LogP contribution is -2.41. The summed E-state index contributed by atoms with van der Waals surface area (Å²) < 4.78 is 5.76. The normalized spacial score (nSPS) is 29.9. The average Bonchev–Trinajstić information content (AvgIpc) is 2.44. The molecular weight excluding hydrogens is 270 g/mol. The van der Waals surface area contributed by atoms with Crippen molar-refractivity contribution >= 4 is 11.6 Å². The van der Waals surface area contributed by atoms with E-state index in [9.17, 15) is 0 Å². The van der Waals surface area contributed by atoms with Crippen LogP contribution in [0.1, 0.15) is 50.0 Å². The molecule has 2 nitrogen and oxygen atoms in total. The van der Waals surface area contributed by atoms with Gasteiger partial charge in [0.25, 0.3) is 0 Å². The number of rotatable bonds is 5. The van der Waals surface area contributed by atoms with E-state index in [2.05, 4.69) is 17.4 Å². The van der Waals surface area contributed by atoms with Crippen molar-refractivity contribution in [1.82, 2.24) is 5.32 Å². The van der Waals surface area contributed by atoms with Gasteiger partial charge in [0.05, 0.1) is 6.10 Å². The third kappa shape index (κ3) is 3.55. The summed E-state index contributed by atoms with van der Waals surface area (Å²) in [6.07, 6.45) is 7.91. The van der Waals surface area contributed by atoms with E-state index < -0.39 is 0 Å². The van der Waals surface area contributed by atoms with Crippen LogP contribution in [0.4, 0.5) is 0 Å². The highest BCUT2D eigenvalue weighted by Crippen LogP contribution is 2.39. The molecule has 3 rings (SSSR count). The summed E-state index contributed by atoms with van der Waals surface area (Å²) in [4.78, 5) is 0. The van der Waals surface area contributed by atoms with Crippen LogP contribution in [0.25, 0.3) is 0 Å². The second-order valence-electron chi connectivity index (χ2n) is 6.12. The summed E-state index contributed by atoms with van der Waals surface area (Å²) in [5, 5.41) is 4.59. The molecule has 0 spiro atoms. The largest absolute Gasteiger partial charge is 0.378 e. The third-order valence-electron chi connectivity index (χ3n) is 4.66. The molecule has 1 N–H and O–H groups in total. The van der Waals surface area contributed by atoms with Gasteiger partial charge >= 0.3 is 0 Å². The lowest BCUT2D eigenvalue weighted by Gasteiger charge is -2.37. The van der Waals surface area contributed by atoms with Crippen LogP contribution in [-0.4, -0.2) is 25.3 Å². The number of hydrogen-bond donors (Lipinski definition) is 1. The molecule has 1 atom stereocenters. The van der Waals surface area contributed by atoms with Crippen molar-refractivity contribution in [3.8, 4) is 0 Å². The summed E-state index contributed by atoms with van der Waals surface area (Å²) in [5.41, 5.74) is 1.32. The highest BCUT2D eigenvalue weighted by atomic mass is 35.5. The fourth-order valence-electron chi connectivity index (χ4n) is 3.33. The van der Waals surface area contributed by atoms with Gasteiger partial charge < -0.3 is 10.1 Å². The maximum atomic E-state index is 6.25. The van der Waals surface area contributed by atoms with Crippen LogP contribution < -0.4 is 5.32 Å². The van der Waals surface area contributed by atoms with Gasteiger partial charge in [0.2, 0.25) is 0 Å². The predicted octanol–water partition coefficient (Wildman–Crippen LogP) is 4.13. The molecule has 0 aromatic heterocycles. The van der Waals surface area contributed by atoms with Crippen molar-refractivity contribution in [2.24, 2.45) is 0 Å². The summed E-state index contributed by atoms with van der Waals surface area (Å²) in [6, 6.07) is 8.92. The third-order valence-corrected chi connectivity index (χ3v) is 5.00. The minimum absolute atomic E-state index is 0.496. The van der Waals surface area contributed by atoms with Crippen molar-refractivity contribution in [1.29, 1.82) is 0 Å². The Bertz CT molecular complexity index is 425. The Morgan fingerprint density at radius 1 is 1.20 bits per heavy atom. The molecule has 20 heavy (non-hydrogen) atoms. The highest BCUT2D eigenvalue weighted by molar-refractivity contribution is 6.31. The van der Waals surface area contributed by atoms with Crippen LogP contribution in [0, 0.1) is 0 Å². The molecule has 1 heterocycles. The molecule has 110 valence electrons. The zero-order chi connectivity index (χ0) is 13.8. The summed E-state index contributed by atoms with van der Waals surface area (Å²) in [6.45, 7) is 2.05. The molecule has 1 aliphatic heterocycles. The molecule has 1 unspecified atom stereocenters. The van der Waals surface area contributed by atoms with Crippen LogP contribution in [0.2, 0.25) is 5.02 Å². The van der Waals surface area contributed by atoms with Gasteiger partial charge in [-0.05, 0) is 62.6 Å². The SMILES string of the molecule is Clc1ccccc1C1CC(NCCC2CCCCO2)C1. The van der Waals surface area contributed by atoms with E-state index >= 15 is 0 Å². The Morgan fingerprint density at radius 2 is 2.05 bits per heavy atom. The second kappa shape index (κ2) is 6.93. The standard InChI is InChI=1S/C17H24ClNO/c18-17-7-2-1-6-16(17)13-11-14(12-13)19-9-8-15-5-3-4-10-20-15/h1-2,6-7,13-15,19H,3-5,8-12H2. The van der Waals surface area contributed by atoms with Gasteiger partial charge in [-0.15, -0.1) is 0 Å². The molecule has 3 heteroatoms. The van der Waals surface area contributed by atoms with Crippen LogP contribution >= 0.6 is 11.6 Å². The zero-order valence-electron chi connectivity index (χ0n) is 12.0. The van der Waals surface area contributed by atoms with Gasteiger partial charge in [-0.25, -0.2) is 0 Å². The van der Waals surface area contributed by atoms with E-state index in [0.29, 0.717) is 18.1 Å². The molecule has 0 bridgehead atoms. The molecular formula is C17H24ClNO. The first-order chi connectivity index (χ1) is 9.83. The molecule has 1 aromatic carbocycles. The average molecular weight is 294 g/mol. The number of halogens is 1. The van der Waals surface area contributed by atoms with Crippen molar-refractivity contribution in [2.75, 3.05) is 13.2 Å². The van der Waals surface area contributed by atoms with Gasteiger partial charge in [0.1, 0.15) is 0 Å². The van der Waals surface area contributed by atoms with E-state index in [1.807, 2.05) is 12.1 Å². The fourth-order valence-corrected chi connectivity index (χ4v) is 3.62. The Morgan fingerprint density at radius 3 is 2.80 bits per heavy atom. The zero-order valence-corrected chi connectivity index (χ0v) is 12.7. The lowest BCUT2D eigenvalue weighted by atomic mass is 9.76. The maximum Gasteiger partial charge on any atom is 0.0587 e. The predicted molar refractivity (Wildman–Crippen MR) is 83.4 cm³/mol. The van der Waals surface area contributed by atoms with E-state index in [1.54, 1.807) is 0 Å². The fraction of sp³-hybridized carbons (Fsp3) is 0.647. The van der Waals surface area contributed by atoms with Gasteiger partial charge in [0, 0.05) is 17.7 Å². The molecule has 0 radical (unpaired) electrons. The first-order valence-electron chi connectivity index (χ1n) is 7.92. The molecule has 0 amide bonds. The van der Waals surface area contributed by atoms with E-state index in [1.165, 1.54) is 37.7 Å². The molecule has 1 aromatic rings. The lowest BCUT2D eigenvalue weighted by molar-refractivity contribution is 0.0107. The minimum Gasteiger partial charge on any atom is -0.378 e. The Balaban J connectivity index is 1.35. The number of ether oxygens (including phenoxy) is 1. The number of benzene rings is 1. The monoisotopic (exact) mass is 293 g/mol. The molecule has 1 saturated heterocycles. The van der Waals surface area contributed by atoms with Crippen molar-refractivity contribution in [2.45, 2.75) is 56.6 Å². The first kappa shape index (κ1) is 14.4. The van der Waals surface area contributed by atoms with E-state index in [4.69, 9.17) is 16.3 Å². The van der Waals surface area contributed by atoms with Crippen molar-refractivity contribution < 1.29 is 4.74 Å². The summed E-state index contributed by atoms with van der Waals surface area (Å²) in [5.74, 6) is 0.645. The topological polar surface area (TPSA) is 21.3 Å². The number of nitrogens with one attached hydrogen (secondary N) is 1. The van der Waals surface area contributed by atoms with Crippen molar-refractivity contribution in [3.05, 3.63) is 34.9 Å². The summed E-state index contributed by atoms with van der Waals surface area (Å²) >= 11 is 6.25. The van der Waals surface area contributed by atoms with Crippen LogP contribution in [0.15, 0.2) is 24.3 Å². The molecule has 1 saturated carbocycles. The Kier molecular flexibility index (Phi) is 4.98. The van der Waals surface area contributed by atoms with Gasteiger partial charge in [-0.1, -0.05) is 29.8 Å². The Labute approximate surface area is 126 Å². The van der Waals surface area contributed by atoms with Crippen LogP contribution in [0.5, 0.6) is 0 Å². The van der Waals surface area contributed by atoms with Crippen molar-refractivity contribution in [3.63, 3.8) is 0 Å². The summed E-state index contributed by atoms with van der Waals surface area (Å²) in [7, 11) is 0. The minimum atomic E-state index is 0.496. The smallest absolute Gasteiger partial charge is 0.0587 e. The van der Waals surface area contributed by atoms with E-state index in [-0.39, 0.29) is 0 Å². The van der Waals surface area contributed by atoms with Gasteiger partial charge in [0.15, 0.2) is 0 Å². The maximum absolute atomic E-state index is 6.25. The highest BCUT2D eigenvalue weighted by Gasteiger charge is 2.31. The van der Waals surface area contributed by atoms with Gasteiger partial charge in [-0.3, -0.25) is 0 Å². The van der Waals surface area contributed by atoms with E-state index in [0.717, 1.165) is 24.6 Å². The quantitative estimate of drug-likeness (QED) is 0.881. The van der Waals surface area contributed by atoms with Crippen LogP contribution in [0.3, 0.4) is 0 Å². The second-order valence-corrected chi connectivity index (χ2v) is 6.53. The number of hydrogen-bond acceptors (Lipinski definition) is 2.